The second-order valence-electron chi connectivity index (χ2n) is 3.96. The zero-order valence-electron chi connectivity index (χ0n) is 9.01. The van der Waals surface area contributed by atoms with Gasteiger partial charge in [0.2, 0.25) is 0 Å². The first-order valence-corrected chi connectivity index (χ1v) is 6.65. The van der Waals surface area contributed by atoms with E-state index in [2.05, 4.69) is 11.9 Å². The first-order valence-electron chi connectivity index (χ1n) is 5.39. The monoisotopic (exact) mass is 255 g/mol. The van der Waals surface area contributed by atoms with E-state index in [0.29, 0.717) is 11.6 Å². The Hall–Kier alpha value is -0.800. The summed E-state index contributed by atoms with van der Waals surface area (Å²) in [6.07, 6.45) is 4.58. The Morgan fingerprint density at radius 1 is 1.50 bits per heavy atom. The van der Waals surface area contributed by atoms with Gasteiger partial charge in [0.05, 0.1) is 12.1 Å². The lowest BCUT2D eigenvalue weighted by molar-refractivity contribution is 0.0957. The molecule has 1 aliphatic rings. The highest BCUT2D eigenvalue weighted by atomic mass is 35.5. The summed E-state index contributed by atoms with van der Waals surface area (Å²) in [5.41, 5.74) is 2.08. The van der Waals surface area contributed by atoms with Gasteiger partial charge in [0, 0.05) is 15.3 Å². The molecule has 1 N–H and O–H groups in total. The maximum atomic E-state index is 11.9. The van der Waals surface area contributed by atoms with E-state index in [9.17, 15) is 4.79 Å². The number of amides is 1. The number of halogens is 1. The highest BCUT2D eigenvalue weighted by Gasteiger charge is 2.19. The van der Waals surface area contributed by atoms with Crippen LogP contribution in [-0.2, 0) is 12.8 Å². The maximum absolute atomic E-state index is 11.9. The molecule has 4 heteroatoms. The van der Waals surface area contributed by atoms with Gasteiger partial charge in [0.1, 0.15) is 0 Å². The number of carbonyl (C=O) groups is 1. The van der Waals surface area contributed by atoms with Crippen molar-refractivity contribution < 1.29 is 4.79 Å². The minimum Gasteiger partial charge on any atom is -0.347 e. The molecule has 0 aliphatic heterocycles. The zero-order valence-corrected chi connectivity index (χ0v) is 10.6. The van der Waals surface area contributed by atoms with Crippen LogP contribution in [0, 0.1) is 0 Å². The molecule has 0 saturated heterocycles. The number of hydrogen-bond acceptors (Lipinski definition) is 2. The quantitative estimate of drug-likeness (QED) is 0.884. The fourth-order valence-electron chi connectivity index (χ4n) is 1.96. The Labute approximate surface area is 104 Å². The fraction of sp³-hybridized carbons (Fsp3) is 0.417. The summed E-state index contributed by atoms with van der Waals surface area (Å²) in [6.45, 7) is 3.89. The van der Waals surface area contributed by atoms with Crippen LogP contribution in [0.3, 0.4) is 0 Å². The highest BCUT2D eigenvalue weighted by molar-refractivity contribution is 7.10. The van der Waals surface area contributed by atoms with E-state index in [1.54, 1.807) is 11.3 Å². The number of nitrogens with one attached hydrogen (secondary N) is 1. The van der Waals surface area contributed by atoms with Crippen LogP contribution in [0.4, 0.5) is 0 Å². The van der Waals surface area contributed by atoms with Gasteiger partial charge >= 0.3 is 0 Å². The second-order valence-corrected chi connectivity index (χ2v) is 5.46. The third-order valence-corrected chi connectivity index (χ3v) is 3.97. The highest BCUT2D eigenvalue weighted by Crippen LogP contribution is 2.30. The zero-order chi connectivity index (χ0) is 11.5. The van der Waals surface area contributed by atoms with Crippen molar-refractivity contribution in [3.8, 4) is 0 Å². The van der Waals surface area contributed by atoms with Crippen molar-refractivity contribution in [1.82, 2.24) is 5.32 Å². The average Bonchev–Trinajstić information content (AvgIpc) is 2.69. The molecule has 1 aliphatic carbocycles. The van der Waals surface area contributed by atoms with E-state index in [-0.39, 0.29) is 5.91 Å². The summed E-state index contributed by atoms with van der Waals surface area (Å²) in [5, 5.41) is 5.19. The van der Waals surface area contributed by atoms with Crippen molar-refractivity contribution in [3.63, 3.8) is 0 Å². The number of carbonyl (C=O) groups excluding carboxylic acids is 1. The van der Waals surface area contributed by atoms with Crippen LogP contribution in [0.1, 0.15) is 33.6 Å². The number of fused-ring (bicyclic) bond motifs is 1. The number of hydrogen-bond donors (Lipinski definition) is 1. The van der Waals surface area contributed by atoms with Crippen LogP contribution in [-0.4, -0.2) is 12.5 Å². The van der Waals surface area contributed by atoms with Crippen LogP contribution in [0.25, 0.3) is 0 Å². The molecule has 2 nitrogen and oxygen atoms in total. The molecule has 0 bridgehead atoms. The number of rotatable bonds is 3. The second kappa shape index (κ2) is 5.02. The van der Waals surface area contributed by atoms with Gasteiger partial charge < -0.3 is 5.32 Å². The summed E-state index contributed by atoms with van der Waals surface area (Å²) in [6, 6.07) is 0. The lowest BCUT2D eigenvalue weighted by Gasteiger charge is -2.12. The van der Waals surface area contributed by atoms with Gasteiger partial charge in [-0.25, -0.2) is 0 Å². The summed E-state index contributed by atoms with van der Waals surface area (Å²) in [4.78, 5) is 13.3. The minimum atomic E-state index is -0.0267. The first kappa shape index (κ1) is 11.7. The van der Waals surface area contributed by atoms with E-state index in [1.165, 1.54) is 23.3 Å². The van der Waals surface area contributed by atoms with Gasteiger partial charge in [-0.15, -0.1) is 11.3 Å². The average molecular weight is 256 g/mol. The van der Waals surface area contributed by atoms with Crippen molar-refractivity contribution in [1.29, 1.82) is 0 Å². The van der Waals surface area contributed by atoms with E-state index in [0.717, 1.165) is 18.4 Å². The molecule has 0 saturated carbocycles. The smallest absolute Gasteiger partial charge is 0.252 e. The normalized spacial score (nSPS) is 14.3. The lowest BCUT2D eigenvalue weighted by atomic mass is 9.96. The molecule has 0 spiro atoms. The van der Waals surface area contributed by atoms with Crippen molar-refractivity contribution in [2.75, 3.05) is 6.54 Å². The Balaban J connectivity index is 2.11. The molecule has 0 unspecified atom stereocenters. The van der Waals surface area contributed by atoms with E-state index in [4.69, 9.17) is 11.6 Å². The first-order chi connectivity index (χ1) is 7.68. The van der Waals surface area contributed by atoms with Crippen molar-refractivity contribution >= 4 is 28.8 Å². The molecule has 0 atom stereocenters. The molecular weight excluding hydrogens is 242 g/mol. The fourth-order valence-corrected chi connectivity index (χ4v) is 3.15. The van der Waals surface area contributed by atoms with Crippen LogP contribution in [0.5, 0.6) is 0 Å². The van der Waals surface area contributed by atoms with E-state index >= 15 is 0 Å². The minimum absolute atomic E-state index is 0.0267. The largest absolute Gasteiger partial charge is 0.347 e. The molecule has 0 aromatic carbocycles. The van der Waals surface area contributed by atoms with Gasteiger partial charge in [-0.1, -0.05) is 18.2 Å². The molecular formula is C12H14ClNOS. The maximum Gasteiger partial charge on any atom is 0.252 e. The van der Waals surface area contributed by atoms with Crippen molar-refractivity contribution in [2.24, 2.45) is 0 Å². The van der Waals surface area contributed by atoms with Crippen molar-refractivity contribution in [3.05, 3.63) is 33.0 Å². The standard InChI is InChI=1S/C12H14ClNOS/c1-8(13)6-14-12(15)10-7-16-11-5-3-2-4-9(10)11/h7H,1-6H2,(H,14,15). The topological polar surface area (TPSA) is 29.1 Å². The SMILES string of the molecule is C=C(Cl)CNC(=O)c1csc2c1CCCC2. The van der Waals surface area contributed by atoms with Crippen LogP contribution < -0.4 is 5.32 Å². The Bertz CT molecular complexity index is 425. The van der Waals surface area contributed by atoms with Gasteiger partial charge in [-0.2, -0.15) is 0 Å². The predicted octanol–water partition coefficient (Wildman–Crippen LogP) is 3.11. The third-order valence-electron chi connectivity index (χ3n) is 2.75. The van der Waals surface area contributed by atoms with E-state index in [1.807, 2.05) is 5.38 Å². The summed E-state index contributed by atoms with van der Waals surface area (Å²) >= 11 is 7.32. The van der Waals surface area contributed by atoms with Crippen molar-refractivity contribution in [2.45, 2.75) is 25.7 Å². The predicted molar refractivity (Wildman–Crippen MR) is 68.3 cm³/mol. The number of aryl methyl sites for hydroxylation is 1. The van der Waals surface area contributed by atoms with Crippen LogP contribution >= 0.6 is 22.9 Å². The summed E-state index contributed by atoms with van der Waals surface area (Å²) in [5.74, 6) is -0.0267. The van der Waals surface area contributed by atoms with Gasteiger partial charge in [0.15, 0.2) is 0 Å². The molecule has 2 rings (SSSR count). The molecule has 0 fully saturated rings. The van der Waals surface area contributed by atoms with Gasteiger partial charge in [-0.05, 0) is 31.2 Å². The summed E-state index contributed by atoms with van der Waals surface area (Å²) in [7, 11) is 0. The van der Waals surface area contributed by atoms with Gasteiger partial charge in [0.25, 0.3) is 5.91 Å². The molecule has 16 heavy (non-hydrogen) atoms. The molecule has 1 aromatic rings. The molecule has 1 amide bonds. The number of thiophene rings is 1. The Morgan fingerprint density at radius 2 is 2.25 bits per heavy atom. The summed E-state index contributed by atoms with van der Waals surface area (Å²) < 4.78 is 0. The van der Waals surface area contributed by atoms with Crippen LogP contribution in [0.15, 0.2) is 17.0 Å². The molecule has 86 valence electrons. The third kappa shape index (κ3) is 2.47. The van der Waals surface area contributed by atoms with Gasteiger partial charge in [-0.3, -0.25) is 4.79 Å². The van der Waals surface area contributed by atoms with Crippen LogP contribution in [0.2, 0.25) is 0 Å². The Morgan fingerprint density at radius 3 is 3.00 bits per heavy atom. The van der Waals surface area contributed by atoms with E-state index < -0.39 is 0 Å². The Kier molecular flexibility index (Phi) is 3.66. The molecule has 1 heterocycles. The molecule has 1 aromatic heterocycles. The molecule has 0 radical (unpaired) electrons. The lowest BCUT2D eigenvalue weighted by Crippen LogP contribution is -2.25.